The van der Waals surface area contributed by atoms with Crippen molar-refractivity contribution in [3.05, 3.63) is 28.0 Å². The summed E-state index contributed by atoms with van der Waals surface area (Å²) in [5.74, 6) is -2.12. The van der Waals surface area contributed by atoms with Crippen LogP contribution in [0.5, 0.6) is 0 Å². The first-order chi connectivity index (χ1) is 11.6. The minimum Gasteiger partial charge on any atom is -0.480 e. The van der Waals surface area contributed by atoms with Crippen molar-refractivity contribution in [3.63, 3.8) is 0 Å². The van der Waals surface area contributed by atoms with Crippen LogP contribution in [0.15, 0.2) is 16.6 Å². The molecule has 1 N–H and O–H groups in total. The number of carbonyl (C=O) groups is 3. The summed E-state index contributed by atoms with van der Waals surface area (Å²) >= 11 is 3.29. The lowest BCUT2D eigenvalue weighted by atomic mass is 9.85. The molecule has 0 aromatic carbocycles. The van der Waals surface area contributed by atoms with E-state index >= 15 is 0 Å². The van der Waals surface area contributed by atoms with Gasteiger partial charge in [-0.25, -0.2) is 19.5 Å². The standard InChI is InChI=1S/C18H25BrN2O5/c1-10-11(19)8-9-12(20-10)14(22)21(16(25)26-18(5,6)7)13(15(23)24)17(2,3)4/h8-9,13H,1-7H3,(H,23,24). The molecule has 26 heavy (non-hydrogen) atoms. The minimum absolute atomic E-state index is 0.0351. The van der Waals surface area contributed by atoms with Gasteiger partial charge in [0.2, 0.25) is 0 Å². The highest BCUT2D eigenvalue weighted by atomic mass is 79.9. The number of hydrogen-bond donors (Lipinski definition) is 1. The third-order valence-electron chi connectivity index (χ3n) is 3.36. The molecular formula is C18H25BrN2O5. The molecule has 0 aliphatic heterocycles. The molecule has 0 radical (unpaired) electrons. The fourth-order valence-electron chi connectivity index (χ4n) is 2.27. The molecule has 1 heterocycles. The van der Waals surface area contributed by atoms with Gasteiger partial charge in [-0.05, 0) is 61.2 Å². The lowest BCUT2D eigenvalue weighted by molar-refractivity contribution is -0.146. The number of pyridine rings is 1. The van der Waals surface area contributed by atoms with Gasteiger partial charge >= 0.3 is 12.1 Å². The van der Waals surface area contributed by atoms with Crippen LogP contribution in [0.4, 0.5) is 4.79 Å². The number of aryl methyl sites for hydroxylation is 1. The Labute approximate surface area is 161 Å². The predicted molar refractivity (Wildman–Crippen MR) is 100.0 cm³/mol. The van der Waals surface area contributed by atoms with E-state index < -0.39 is 35.0 Å². The first kappa shape index (κ1) is 22.1. The van der Waals surface area contributed by atoms with Crippen molar-refractivity contribution < 1.29 is 24.2 Å². The smallest absolute Gasteiger partial charge is 0.418 e. The number of nitrogens with zero attached hydrogens (tertiary/aromatic N) is 2. The quantitative estimate of drug-likeness (QED) is 0.780. The van der Waals surface area contributed by atoms with Crippen LogP contribution in [-0.2, 0) is 9.53 Å². The summed E-state index contributed by atoms with van der Waals surface area (Å²) in [6.45, 7) is 11.5. The van der Waals surface area contributed by atoms with Crippen LogP contribution in [-0.4, -0.2) is 44.6 Å². The van der Waals surface area contributed by atoms with Gasteiger partial charge < -0.3 is 9.84 Å². The van der Waals surface area contributed by atoms with Crippen LogP contribution in [0, 0.1) is 12.3 Å². The number of aliphatic carboxylic acids is 1. The average Bonchev–Trinajstić information content (AvgIpc) is 2.43. The highest BCUT2D eigenvalue weighted by Gasteiger charge is 2.45. The highest BCUT2D eigenvalue weighted by Crippen LogP contribution is 2.28. The number of carboxylic acid groups (broad SMARTS) is 1. The summed E-state index contributed by atoms with van der Waals surface area (Å²) in [5.41, 5.74) is -1.29. The van der Waals surface area contributed by atoms with E-state index in [-0.39, 0.29) is 5.69 Å². The highest BCUT2D eigenvalue weighted by molar-refractivity contribution is 9.10. The van der Waals surface area contributed by atoms with Gasteiger partial charge in [0, 0.05) is 4.47 Å². The second kappa shape index (κ2) is 7.73. The number of hydrogen-bond acceptors (Lipinski definition) is 5. The molecule has 0 spiro atoms. The molecule has 0 saturated carbocycles. The number of amides is 2. The van der Waals surface area contributed by atoms with E-state index in [9.17, 15) is 19.5 Å². The Hall–Kier alpha value is -1.96. The van der Waals surface area contributed by atoms with Crippen LogP contribution in [0.2, 0.25) is 0 Å². The molecule has 144 valence electrons. The van der Waals surface area contributed by atoms with Crippen molar-refractivity contribution >= 4 is 33.9 Å². The van der Waals surface area contributed by atoms with Crippen molar-refractivity contribution in [1.29, 1.82) is 0 Å². The molecule has 1 unspecified atom stereocenters. The Balaban J connectivity index is 3.47. The Bertz CT molecular complexity index is 719. The zero-order valence-electron chi connectivity index (χ0n) is 16.1. The third-order valence-corrected chi connectivity index (χ3v) is 4.20. The maximum atomic E-state index is 13.0. The molecular weight excluding hydrogens is 404 g/mol. The minimum atomic E-state index is -1.42. The van der Waals surface area contributed by atoms with Gasteiger partial charge in [-0.1, -0.05) is 20.8 Å². The maximum absolute atomic E-state index is 13.0. The Morgan fingerprint density at radius 1 is 1.15 bits per heavy atom. The molecule has 1 atom stereocenters. The molecule has 2 amide bonds. The number of imide groups is 1. The lowest BCUT2D eigenvalue weighted by Gasteiger charge is -2.36. The van der Waals surface area contributed by atoms with Gasteiger partial charge in [0.15, 0.2) is 0 Å². The van der Waals surface area contributed by atoms with E-state index in [4.69, 9.17) is 4.74 Å². The monoisotopic (exact) mass is 428 g/mol. The Kier molecular flexibility index (Phi) is 6.57. The summed E-state index contributed by atoms with van der Waals surface area (Å²) in [6, 6.07) is 1.63. The predicted octanol–water partition coefficient (Wildman–Crippen LogP) is 4.03. The van der Waals surface area contributed by atoms with Gasteiger partial charge in [0.1, 0.15) is 17.3 Å². The molecule has 0 saturated heterocycles. The molecule has 1 aromatic rings. The molecule has 0 aliphatic carbocycles. The maximum Gasteiger partial charge on any atom is 0.418 e. The first-order valence-corrected chi connectivity index (χ1v) is 8.87. The average molecular weight is 429 g/mol. The van der Waals surface area contributed by atoms with Gasteiger partial charge in [-0.15, -0.1) is 0 Å². The molecule has 8 heteroatoms. The second-order valence-corrected chi connectivity index (χ2v) is 8.88. The number of aromatic nitrogens is 1. The van der Waals surface area contributed by atoms with Crippen molar-refractivity contribution in [2.45, 2.75) is 60.1 Å². The SMILES string of the molecule is Cc1nc(C(=O)N(C(=O)OC(C)(C)C)C(C(=O)O)C(C)(C)C)ccc1Br. The molecule has 1 aromatic heterocycles. The number of carbonyl (C=O) groups excluding carboxylic acids is 2. The molecule has 0 bridgehead atoms. The van der Waals surface area contributed by atoms with Gasteiger partial charge in [0.25, 0.3) is 5.91 Å². The fraction of sp³-hybridized carbons (Fsp3) is 0.556. The summed E-state index contributed by atoms with van der Waals surface area (Å²) < 4.78 is 5.99. The summed E-state index contributed by atoms with van der Waals surface area (Å²) in [5, 5.41) is 9.69. The second-order valence-electron chi connectivity index (χ2n) is 8.03. The van der Waals surface area contributed by atoms with Crippen molar-refractivity contribution in [2.75, 3.05) is 0 Å². The number of carboxylic acids is 1. The molecule has 0 aliphatic rings. The van der Waals surface area contributed by atoms with Crippen LogP contribution < -0.4 is 0 Å². The van der Waals surface area contributed by atoms with Gasteiger partial charge in [-0.3, -0.25) is 4.79 Å². The number of rotatable bonds is 3. The van der Waals surface area contributed by atoms with Crippen molar-refractivity contribution in [2.24, 2.45) is 5.41 Å². The van der Waals surface area contributed by atoms with Crippen molar-refractivity contribution in [1.82, 2.24) is 9.88 Å². The third kappa shape index (κ3) is 5.52. The lowest BCUT2D eigenvalue weighted by Crippen LogP contribution is -2.56. The van der Waals surface area contributed by atoms with Crippen LogP contribution in [0.25, 0.3) is 0 Å². The number of ether oxygens (including phenoxy) is 1. The van der Waals surface area contributed by atoms with E-state index in [1.54, 1.807) is 54.5 Å². The summed E-state index contributed by atoms with van der Waals surface area (Å²) in [7, 11) is 0. The zero-order valence-corrected chi connectivity index (χ0v) is 17.7. The fourth-order valence-corrected chi connectivity index (χ4v) is 2.49. The van der Waals surface area contributed by atoms with Crippen LogP contribution >= 0.6 is 15.9 Å². The summed E-state index contributed by atoms with van der Waals surface area (Å²) in [6.07, 6.45) is -1.02. The van der Waals surface area contributed by atoms with Crippen LogP contribution in [0.3, 0.4) is 0 Å². The van der Waals surface area contributed by atoms with Crippen LogP contribution in [0.1, 0.15) is 57.7 Å². The normalized spacial score (nSPS) is 13.1. The number of halogens is 1. The van der Waals surface area contributed by atoms with E-state index in [1.807, 2.05) is 0 Å². The van der Waals surface area contributed by atoms with Gasteiger partial charge in [-0.2, -0.15) is 0 Å². The molecule has 0 fully saturated rings. The van der Waals surface area contributed by atoms with E-state index in [0.717, 1.165) is 0 Å². The topological polar surface area (TPSA) is 96.8 Å². The van der Waals surface area contributed by atoms with Crippen molar-refractivity contribution in [3.8, 4) is 0 Å². The Morgan fingerprint density at radius 2 is 1.69 bits per heavy atom. The molecule has 1 rings (SSSR count). The molecule has 7 nitrogen and oxygen atoms in total. The van der Waals surface area contributed by atoms with E-state index in [2.05, 4.69) is 20.9 Å². The van der Waals surface area contributed by atoms with E-state index in [0.29, 0.717) is 15.1 Å². The van der Waals surface area contributed by atoms with E-state index in [1.165, 1.54) is 6.07 Å². The zero-order chi connectivity index (χ0) is 20.4. The first-order valence-electron chi connectivity index (χ1n) is 8.07. The Morgan fingerprint density at radius 3 is 2.08 bits per heavy atom. The summed E-state index contributed by atoms with van der Waals surface area (Å²) in [4.78, 5) is 42.4. The van der Waals surface area contributed by atoms with Gasteiger partial charge in [0.05, 0.1) is 5.69 Å². The largest absolute Gasteiger partial charge is 0.480 e.